The van der Waals surface area contributed by atoms with Gasteiger partial charge in [-0.3, -0.25) is 4.79 Å². The van der Waals surface area contributed by atoms with Crippen molar-refractivity contribution in [3.05, 3.63) is 32.8 Å². The van der Waals surface area contributed by atoms with Crippen LogP contribution in [-0.2, 0) is 17.6 Å². The Morgan fingerprint density at radius 2 is 2.08 bits per heavy atom. The number of Topliss-reactive ketones (excluding diaryl/α,β-unsaturated/α-hetero) is 1. The second-order valence-electron chi connectivity index (χ2n) is 3.21. The molecule has 0 fully saturated rings. The van der Waals surface area contributed by atoms with Gasteiger partial charge in [0.2, 0.25) is 0 Å². The largest absolute Gasteiger partial charge is 0.299 e. The summed E-state index contributed by atoms with van der Waals surface area (Å²) >= 11 is 9.34. The smallest absolute Gasteiger partial charge is 0.137 e. The molecule has 0 aliphatic heterocycles. The number of hydrogen-bond acceptors (Lipinski definition) is 1. The fraction of sp³-hybridized carbons (Fsp3) is 0.300. The van der Waals surface area contributed by atoms with E-state index >= 15 is 0 Å². The van der Waals surface area contributed by atoms with Crippen LogP contribution >= 0.6 is 27.5 Å². The second-order valence-corrected chi connectivity index (χ2v) is 4.41. The van der Waals surface area contributed by atoms with Crippen LogP contribution in [0.4, 0.5) is 0 Å². The number of ketones is 1. The topological polar surface area (TPSA) is 17.1 Å². The SMILES string of the molecule is O=C1CCc2ccc(Cl)c(Br)c2C1. The van der Waals surface area contributed by atoms with Crippen LogP contribution < -0.4 is 0 Å². The lowest BCUT2D eigenvalue weighted by molar-refractivity contribution is -0.118. The molecule has 0 saturated carbocycles. The van der Waals surface area contributed by atoms with E-state index in [0.29, 0.717) is 23.6 Å². The van der Waals surface area contributed by atoms with Crippen LogP contribution in [-0.4, -0.2) is 5.78 Å². The maximum absolute atomic E-state index is 11.2. The van der Waals surface area contributed by atoms with Gasteiger partial charge in [-0.1, -0.05) is 17.7 Å². The van der Waals surface area contributed by atoms with E-state index in [1.807, 2.05) is 12.1 Å². The van der Waals surface area contributed by atoms with E-state index in [4.69, 9.17) is 11.6 Å². The molecule has 0 spiro atoms. The first-order valence-corrected chi connectivity index (χ1v) is 5.33. The minimum Gasteiger partial charge on any atom is -0.299 e. The minimum atomic E-state index is 0.301. The Morgan fingerprint density at radius 3 is 2.85 bits per heavy atom. The Labute approximate surface area is 90.2 Å². The lowest BCUT2D eigenvalue weighted by Gasteiger charge is -2.16. The predicted octanol–water partition coefficient (Wildman–Crippen LogP) is 3.16. The maximum Gasteiger partial charge on any atom is 0.137 e. The number of hydrogen-bond donors (Lipinski definition) is 0. The molecule has 0 saturated heterocycles. The highest BCUT2D eigenvalue weighted by Gasteiger charge is 2.18. The summed E-state index contributed by atoms with van der Waals surface area (Å²) < 4.78 is 0.889. The first-order valence-electron chi connectivity index (χ1n) is 4.16. The zero-order valence-electron chi connectivity index (χ0n) is 6.94. The van der Waals surface area contributed by atoms with E-state index in [2.05, 4.69) is 15.9 Å². The van der Waals surface area contributed by atoms with Gasteiger partial charge in [0.25, 0.3) is 0 Å². The number of carbonyl (C=O) groups is 1. The van der Waals surface area contributed by atoms with Crippen LogP contribution in [0.15, 0.2) is 16.6 Å². The summed E-state index contributed by atoms with van der Waals surface area (Å²) in [6, 6.07) is 3.88. The fourth-order valence-corrected chi connectivity index (χ4v) is 2.32. The molecule has 2 rings (SSSR count). The molecule has 1 aliphatic rings. The molecule has 3 heteroatoms. The van der Waals surface area contributed by atoms with Crippen LogP contribution in [0.25, 0.3) is 0 Å². The van der Waals surface area contributed by atoms with Gasteiger partial charge in [0, 0.05) is 17.3 Å². The van der Waals surface area contributed by atoms with E-state index in [9.17, 15) is 4.79 Å². The van der Waals surface area contributed by atoms with Crippen molar-refractivity contribution in [1.82, 2.24) is 0 Å². The molecule has 0 unspecified atom stereocenters. The van der Waals surface area contributed by atoms with Gasteiger partial charge in [-0.2, -0.15) is 0 Å². The average Bonchev–Trinajstić information content (AvgIpc) is 2.12. The number of rotatable bonds is 0. The molecule has 0 heterocycles. The number of carbonyl (C=O) groups excluding carboxylic acids is 1. The lowest BCUT2D eigenvalue weighted by atomic mass is 9.91. The highest BCUT2D eigenvalue weighted by molar-refractivity contribution is 9.10. The van der Waals surface area contributed by atoms with Crippen molar-refractivity contribution in [3.8, 4) is 0 Å². The third-order valence-electron chi connectivity index (χ3n) is 2.34. The average molecular weight is 260 g/mol. The molecule has 1 aromatic carbocycles. The molecule has 1 aliphatic carbocycles. The van der Waals surface area contributed by atoms with Crippen molar-refractivity contribution >= 4 is 33.3 Å². The van der Waals surface area contributed by atoms with Crippen LogP contribution in [0.2, 0.25) is 5.02 Å². The van der Waals surface area contributed by atoms with Crippen LogP contribution in [0.1, 0.15) is 17.5 Å². The zero-order chi connectivity index (χ0) is 9.42. The van der Waals surface area contributed by atoms with Crippen molar-refractivity contribution in [2.75, 3.05) is 0 Å². The minimum absolute atomic E-state index is 0.301. The lowest BCUT2D eigenvalue weighted by Crippen LogP contribution is -2.13. The van der Waals surface area contributed by atoms with E-state index in [0.717, 1.165) is 16.5 Å². The van der Waals surface area contributed by atoms with Crippen LogP contribution in [0, 0.1) is 0 Å². The summed E-state index contributed by atoms with van der Waals surface area (Å²) in [7, 11) is 0. The monoisotopic (exact) mass is 258 g/mol. The quantitative estimate of drug-likeness (QED) is 0.699. The summed E-state index contributed by atoms with van der Waals surface area (Å²) in [4.78, 5) is 11.2. The number of benzene rings is 1. The van der Waals surface area contributed by atoms with E-state index in [1.165, 1.54) is 5.56 Å². The Morgan fingerprint density at radius 1 is 1.31 bits per heavy atom. The highest BCUT2D eigenvalue weighted by atomic mass is 79.9. The molecule has 0 radical (unpaired) electrons. The summed E-state index contributed by atoms with van der Waals surface area (Å²) in [5, 5.41) is 0.688. The normalized spacial score (nSPS) is 15.7. The molecular formula is C10H8BrClO. The zero-order valence-corrected chi connectivity index (χ0v) is 9.28. The molecule has 0 aromatic heterocycles. The van der Waals surface area contributed by atoms with Gasteiger partial charge in [-0.25, -0.2) is 0 Å². The Balaban J connectivity index is 2.54. The number of aryl methyl sites for hydroxylation is 1. The van der Waals surface area contributed by atoms with Crippen molar-refractivity contribution in [2.45, 2.75) is 19.3 Å². The number of fused-ring (bicyclic) bond motifs is 1. The van der Waals surface area contributed by atoms with E-state index in [1.54, 1.807) is 0 Å². The van der Waals surface area contributed by atoms with Gasteiger partial charge < -0.3 is 0 Å². The molecule has 0 amide bonds. The first kappa shape index (κ1) is 9.22. The summed E-state index contributed by atoms with van der Waals surface area (Å²) in [6.07, 6.45) is 2.04. The summed E-state index contributed by atoms with van der Waals surface area (Å²) in [6.45, 7) is 0. The third-order valence-corrected chi connectivity index (χ3v) is 3.79. The molecule has 13 heavy (non-hydrogen) atoms. The summed E-state index contributed by atoms with van der Waals surface area (Å²) in [5.74, 6) is 0.301. The first-order chi connectivity index (χ1) is 6.18. The van der Waals surface area contributed by atoms with Crippen LogP contribution in [0.3, 0.4) is 0 Å². The van der Waals surface area contributed by atoms with E-state index in [-0.39, 0.29) is 0 Å². The third kappa shape index (κ3) is 1.65. The van der Waals surface area contributed by atoms with Crippen molar-refractivity contribution in [3.63, 3.8) is 0 Å². The number of halogens is 2. The second kappa shape index (κ2) is 3.43. The Bertz CT molecular complexity index is 373. The fourth-order valence-electron chi connectivity index (χ4n) is 1.62. The molecule has 0 atom stereocenters. The molecule has 0 N–H and O–H groups in total. The van der Waals surface area contributed by atoms with Gasteiger partial charge in [0.15, 0.2) is 0 Å². The maximum atomic E-state index is 11.2. The van der Waals surface area contributed by atoms with Gasteiger partial charge in [0.1, 0.15) is 5.78 Å². The molecule has 68 valence electrons. The standard InChI is InChI=1S/C10H8BrClO/c11-10-8-5-7(13)3-1-6(8)2-4-9(10)12/h2,4H,1,3,5H2. The molecule has 1 nitrogen and oxygen atoms in total. The Hall–Kier alpha value is -0.340. The highest BCUT2D eigenvalue weighted by Crippen LogP contribution is 2.32. The molecule has 0 bridgehead atoms. The van der Waals surface area contributed by atoms with Gasteiger partial charge in [-0.05, 0) is 39.5 Å². The van der Waals surface area contributed by atoms with Gasteiger partial charge in [-0.15, -0.1) is 0 Å². The summed E-state index contributed by atoms with van der Waals surface area (Å²) in [5.41, 5.74) is 2.32. The van der Waals surface area contributed by atoms with Crippen molar-refractivity contribution in [2.24, 2.45) is 0 Å². The Kier molecular flexibility index (Phi) is 2.43. The van der Waals surface area contributed by atoms with Crippen molar-refractivity contribution in [1.29, 1.82) is 0 Å². The van der Waals surface area contributed by atoms with Gasteiger partial charge >= 0.3 is 0 Å². The van der Waals surface area contributed by atoms with Gasteiger partial charge in [0.05, 0.1) is 5.02 Å². The van der Waals surface area contributed by atoms with Crippen LogP contribution in [0.5, 0.6) is 0 Å². The van der Waals surface area contributed by atoms with E-state index < -0.39 is 0 Å². The molecule has 1 aromatic rings. The van der Waals surface area contributed by atoms with Crippen molar-refractivity contribution < 1.29 is 4.79 Å². The molecular weight excluding hydrogens is 251 g/mol. The predicted molar refractivity (Wildman–Crippen MR) is 56.2 cm³/mol.